The molecule has 5 amide bonds. The van der Waals surface area contributed by atoms with Crippen LogP contribution >= 0.6 is 0 Å². The Labute approximate surface area is 254 Å². The molecule has 0 aliphatic carbocycles. The number of anilines is 3. The highest BCUT2D eigenvalue weighted by molar-refractivity contribution is 6.34. The standard InChI is InChI=1S/C31H34N8O5/c1-35(2)12-8-11-32-27(40)24-13-19(16-36(24)3)33-28(41)25-14-20(17-37(25)4)34-29(42)26-15-21(18-38(26)5)39-30(43)22-9-6-7-10-23(22)31(39)44/h6-7,9-10,13-18H,8,11-12H2,1-5H3,(H,32,40)(H,33,41)(H,34,42). The Morgan fingerprint density at radius 3 is 1.70 bits per heavy atom. The van der Waals surface area contributed by atoms with Gasteiger partial charge in [0.15, 0.2) is 0 Å². The molecule has 0 atom stereocenters. The zero-order valence-electron chi connectivity index (χ0n) is 25.2. The highest BCUT2D eigenvalue weighted by atomic mass is 16.2. The summed E-state index contributed by atoms with van der Waals surface area (Å²) < 4.78 is 4.74. The van der Waals surface area contributed by atoms with E-state index < -0.39 is 23.6 Å². The molecule has 0 saturated carbocycles. The molecule has 4 heterocycles. The first-order valence-corrected chi connectivity index (χ1v) is 14.0. The Balaban J connectivity index is 1.23. The second kappa shape index (κ2) is 12.1. The monoisotopic (exact) mass is 598 g/mol. The number of nitrogens with zero attached hydrogens (tertiary/aromatic N) is 5. The van der Waals surface area contributed by atoms with Gasteiger partial charge in [-0.3, -0.25) is 24.0 Å². The molecule has 3 aromatic heterocycles. The van der Waals surface area contributed by atoms with E-state index in [4.69, 9.17) is 0 Å². The highest BCUT2D eigenvalue weighted by Gasteiger charge is 2.37. The first kappa shape index (κ1) is 30.0. The molecule has 4 aromatic rings. The van der Waals surface area contributed by atoms with Crippen molar-refractivity contribution in [3.63, 3.8) is 0 Å². The summed E-state index contributed by atoms with van der Waals surface area (Å²) in [5.74, 6) is -2.05. The molecule has 0 fully saturated rings. The van der Waals surface area contributed by atoms with Gasteiger partial charge in [0.1, 0.15) is 17.1 Å². The van der Waals surface area contributed by atoms with Crippen molar-refractivity contribution >= 4 is 46.6 Å². The fourth-order valence-electron chi connectivity index (χ4n) is 5.11. The van der Waals surface area contributed by atoms with Crippen LogP contribution in [0.25, 0.3) is 0 Å². The summed E-state index contributed by atoms with van der Waals surface area (Å²) in [5.41, 5.74) is 2.63. The quantitative estimate of drug-likeness (QED) is 0.189. The molecule has 1 aliphatic rings. The summed E-state index contributed by atoms with van der Waals surface area (Å²) in [7, 11) is 8.98. The first-order valence-electron chi connectivity index (χ1n) is 14.0. The van der Waals surface area contributed by atoms with Crippen molar-refractivity contribution in [1.29, 1.82) is 0 Å². The van der Waals surface area contributed by atoms with Crippen molar-refractivity contribution in [3.05, 3.63) is 89.3 Å². The number of amides is 5. The van der Waals surface area contributed by atoms with Crippen molar-refractivity contribution in [2.45, 2.75) is 6.42 Å². The van der Waals surface area contributed by atoms with Gasteiger partial charge < -0.3 is 34.6 Å². The molecule has 13 heteroatoms. The maximum absolute atomic E-state index is 13.2. The van der Waals surface area contributed by atoms with E-state index in [-0.39, 0.29) is 23.0 Å². The van der Waals surface area contributed by atoms with Gasteiger partial charge in [-0.15, -0.1) is 0 Å². The lowest BCUT2D eigenvalue weighted by atomic mass is 10.1. The number of carbonyl (C=O) groups is 5. The summed E-state index contributed by atoms with van der Waals surface area (Å²) in [5, 5.41) is 8.46. The zero-order valence-corrected chi connectivity index (χ0v) is 25.2. The molecular weight excluding hydrogens is 564 g/mol. The van der Waals surface area contributed by atoms with Gasteiger partial charge in [-0.2, -0.15) is 0 Å². The predicted octanol–water partition coefficient (Wildman–Crippen LogP) is 2.69. The molecule has 1 aromatic carbocycles. The Morgan fingerprint density at radius 1 is 0.705 bits per heavy atom. The van der Waals surface area contributed by atoms with E-state index in [2.05, 4.69) is 16.0 Å². The number of aryl methyl sites for hydroxylation is 3. The van der Waals surface area contributed by atoms with Gasteiger partial charge in [0, 0.05) is 46.3 Å². The highest BCUT2D eigenvalue weighted by Crippen LogP contribution is 2.30. The molecule has 0 saturated heterocycles. The molecule has 0 unspecified atom stereocenters. The number of imide groups is 1. The van der Waals surface area contributed by atoms with Crippen LogP contribution < -0.4 is 20.9 Å². The maximum Gasteiger partial charge on any atom is 0.272 e. The molecule has 1 aliphatic heterocycles. The first-order chi connectivity index (χ1) is 20.9. The van der Waals surface area contributed by atoms with Gasteiger partial charge >= 0.3 is 0 Å². The van der Waals surface area contributed by atoms with E-state index >= 15 is 0 Å². The van der Waals surface area contributed by atoms with Crippen LogP contribution in [0.5, 0.6) is 0 Å². The van der Waals surface area contributed by atoms with Crippen LogP contribution in [0.3, 0.4) is 0 Å². The topological polar surface area (TPSA) is 143 Å². The maximum atomic E-state index is 13.2. The fourth-order valence-corrected chi connectivity index (χ4v) is 5.11. The summed E-state index contributed by atoms with van der Waals surface area (Å²) in [4.78, 5) is 67.7. The minimum Gasteiger partial charge on any atom is -0.351 e. The Bertz CT molecular complexity index is 1760. The van der Waals surface area contributed by atoms with E-state index in [0.717, 1.165) is 17.9 Å². The summed E-state index contributed by atoms with van der Waals surface area (Å²) in [6.07, 6.45) is 5.60. The summed E-state index contributed by atoms with van der Waals surface area (Å²) in [6.45, 7) is 1.39. The number of aromatic nitrogens is 3. The number of hydrogen-bond donors (Lipinski definition) is 3. The third-order valence-electron chi connectivity index (χ3n) is 7.33. The van der Waals surface area contributed by atoms with Gasteiger partial charge in [-0.25, -0.2) is 4.90 Å². The van der Waals surface area contributed by atoms with E-state index in [0.29, 0.717) is 34.7 Å². The third kappa shape index (κ3) is 5.90. The van der Waals surface area contributed by atoms with Crippen LogP contribution in [0.1, 0.15) is 58.6 Å². The summed E-state index contributed by atoms with van der Waals surface area (Å²) >= 11 is 0. The van der Waals surface area contributed by atoms with Gasteiger partial charge in [-0.1, -0.05) is 12.1 Å². The Kier molecular flexibility index (Phi) is 8.23. The molecule has 13 nitrogen and oxygen atoms in total. The lowest BCUT2D eigenvalue weighted by molar-refractivity contribution is 0.0919. The van der Waals surface area contributed by atoms with Crippen molar-refractivity contribution in [2.75, 3.05) is 42.7 Å². The molecular formula is C31H34N8O5. The van der Waals surface area contributed by atoms with E-state index in [1.807, 2.05) is 19.0 Å². The van der Waals surface area contributed by atoms with E-state index in [1.54, 1.807) is 79.2 Å². The van der Waals surface area contributed by atoms with Crippen LogP contribution in [0, 0.1) is 0 Å². The number of benzene rings is 1. The third-order valence-corrected chi connectivity index (χ3v) is 7.33. The SMILES string of the molecule is CN(C)CCCNC(=O)c1cc(NC(=O)c2cc(NC(=O)c3cc(N4C(=O)c5ccccc5C4=O)cn3C)cn2C)cn1C. The smallest absolute Gasteiger partial charge is 0.272 e. The normalized spacial score (nSPS) is 12.5. The molecule has 228 valence electrons. The van der Waals surface area contributed by atoms with E-state index in [1.165, 1.54) is 16.7 Å². The van der Waals surface area contributed by atoms with Crippen LogP contribution in [0.15, 0.2) is 61.1 Å². The number of nitrogens with one attached hydrogen (secondary N) is 3. The fraction of sp³-hybridized carbons (Fsp3) is 0.258. The Hall–Kier alpha value is -5.43. The molecule has 0 radical (unpaired) electrons. The van der Waals surface area contributed by atoms with Crippen molar-refractivity contribution in [3.8, 4) is 0 Å². The average Bonchev–Trinajstić information content (AvgIpc) is 3.71. The number of rotatable bonds is 10. The van der Waals surface area contributed by atoms with Crippen molar-refractivity contribution in [2.24, 2.45) is 21.1 Å². The van der Waals surface area contributed by atoms with Crippen LogP contribution in [0.2, 0.25) is 0 Å². The minimum atomic E-state index is -0.489. The number of hydrogen-bond acceptors (Lipinski definition) is 6. The molecule has 5 rings (SSSR count). The van der Waals surface area contributed by atoms with Gasteiger partial charge in [0.2, 0.25) is 0 Å². The van der Waals surface area contributed by atoms with Crippen molar-refractivity contribution in [1.82, 2.24) is 23.9 Å². The number of fused-ring (bicyclic) bond motifs is 1. The van der Waals surface area contributed by atoms with Gasteiger partial charge in [0.05, 0.1) is 28.2 Å². The second-order valence-corrected chi connectivity index (χ2v) is 11.0. The summed E-state index contributed by atoms with van der Waals surface area (Å²) in [6, 6.07) is 11.2. The average molecular weight is 599 g/mol. The van der Waals surface area contributed by atoms with Gasteiger partial charge in [0.25, 0.3) is 29.5 Å². The molecule has 3 N–H and O–H groups in total. The van der Waals surface area contributed by atoms with E-state index in [9.17, 15) is 24.0 Å². The zero-order chi connectivity index (χ0) is 31.7. The lowest BCUT2D eigenvalue weighted by Crippen LogP contribution is -2.28. The van der Waals surface area contributed by atoms with Gasteiger partial charge in [-0.05, 0) is 57.4 Å². The second-order valence-electron chi connectivity index (χ2n) is 11.0. The Morgan fingerprint density at radius 2 is 1.18 bits per heavy atom. The van der Waals surface area contributed by atoms with Crippen LogP contribution in [0.4, 0.5) is 17.1 Å². The van der Waals surface area contributed by atoms with Crippen LogP contribution in [-0.2, 0) is 21.1 Å². The largest absolute Gasteiger partial charge is 0.351 e. The molecule has 0 spiro atoms. The number of carbonyl (C=O) groups excluding carboxylic acids is 5. The lowest BCUT2D eigenvalue weighted by Gasteiger charge is -2.10. The van der Waals surface area contributed by atoms with Crippen LogP contribution in [-0.4, -0.2) is 75.3 Å². The molecule has 0 bridgehead atoms. The predicted molar refractivity (Wildman–Crippen MR) is 165 cm³/mol. The van der Waals surface area contributed by atoms with Crippen molar-refractivity contribution < 1.29 is 24.0 Å². The minimum absolute atomic E-state index is 0.211. The molecule has 44 heavy (non-hydrogen) atoms.